The maximum Gasteiger partial charge on any atom is 0.254 e. The molecule has 2 aliphatic rings. The molecule has 1 N–H and O–H groups in total. The summed E-state index contributed by atoms with van der Waals surface area (Å²) in [4.78, 5) is 45.5. The molecule has 0 unspecified atom stereocenters. The number of hydrogen-bond donors (Lipinski definition) is 1. The van der Waals surface area contributed by atoms with Crippen molar-refractivity contribution in [1.29, 1.82) is 5.26 Å². The van der Waals surface area contributed by atoms with Gasteiger partial charge in [-0.05, 0) is 67.1 Å². The lowest BCUT2D eigenvalue weighted by Crippen LogP contribution is -2.60. The first-order valence-corrected chi connectivity index (χ1v) is 13.6. The molecule has 0 bridgehead atoms. The van der Waals surface area contributed by atoms with Crippen LogP contribution < -0.4 is 15.0 Å². The summed E-state index contributed by atoms with van der Waals surface area (Å²) in [5.74, 6) is -1.13. The number of amides is 3. The Morgan fingerprint density at radius 1 is 1.15 bits per heavy atom. The zero-order valence-corrected chi connectivity index (χ0v) is 23.4. The molecule has 0 aliphatic carbocycles. The van der Waals surface area contributed by atoms with Crippen molar-refractivity contribution in [3.05, 3.63) is 59.4 Å². The number of anilines is 1. The second-order valence-corrected chi connectivity index (χ2v) is 10.7. The summed E-state index contributed by atoms with van der Waals surface area (Å²) in [6.45, 7) is 6.66. The number of hydrogen-bond acceptors (Lipinski definition) is 6. The Bertz CT molecular complexity index is 1300. The largest absolute Gasteiger partial charge is 0.479 e. The van der Waals surface area contributed by atoms with Crippen molar-refractivity contribution in [1.82, 2.24) is 15.1 Å². The van der Waals surface area contributed by atoms with Gasteiger partial charge in [0.15, 0.2) is 6.61 Å². The number of carbonyl (C=O) groups is 3. The zero-order valence-electron chi connectivity index (χ0n) is 23.4. The number of benzene rings is 2. The van der Waals surface area contributed by atoms with E-state index < -0.39 is 23.3 Å². The smallest absolute Gasteiger partial charge is 0.254 e. The first-order valence-electron chi connectivity index (χ1n) is 13.6. The number of aryl methyl sites for hydroxylation is 1. The van der Waals surface area contributed by atoms with Gasteiger partial charge >= 0.3 is 0 Å². The molecule has 2 heterocycles. The van der Waals surface area contributed by atoms with Crippen LogP contribution in [0.3, 0.4) is 0 Å². The van der Waals surface area contributed by atoms with Crippen LogP contribution in [0.5, 0.6) is 5.75 Å². The predicted octanol–water partition coefficient (Wildman–Crippen LogP) is 3.34. The molecule has 4 rings (SSSR count). The quantitative estimate of drug-likeness (QED) is 0.542. The Hall–Kier alpha value is -4.13. The first kappa shape index (κ1) is 28.9. The average Bonchev–Trinajstić information content (AvgIpc) is 3.20. The molecule has 0 radical (unpaired) electrons. The molecule has 2 aromatic carbocycles. The van der Waals surface area contributed by atoms with E-state index in [9.17, 15) is 18.8 Å². The van der Waals surface area contributed by atoms with Gasteiger partial charge in [0.05, 0.1) is 12.2 Å². The van der Waals surface area contributed by atoms with Gasteiger partial charge in [0.1, 0.15) is 29.2 Å². The van der Waals surface area contributed by atoms with E-state index in [2.05, 4.69) is 10.2 Å². The highest BCUT2D eigenvalue weighted by atomic mass is 19.1. The van der Waals surface area contributed by atoms with Crippen LogP contribution in [0.2, 0.25) is 0 Å². The van der Waals surface area contributed by atoms with Gasteiger partial charge in [-0.15, -0.1) is 0 Å². The average molecular weight is 550 g/mol. The van der Waals surface area contributed by atoms with Crippen LogP contribution in [0, 0.1) is 23.1 Å². The van der Waals surface area contributed by atoms with Gasteiger partial charge in [0.25, 0.3) is 5.91 Å². The normalized spacial score (nSPS) is 17.2. The van der Waals surface area contributed by atoms with Crippen LogP contribution in [-0.4, -0.2) is 72.5 Å². The van der Waals surface area contributed by atoms with E-state index >= 15 is 0 Å². The van der Waals surface area contributed by atoms with E-state index in [1.54, 1.807) is 35.0 Å². The Labute approximate surface area is 234 Å². The maximum atomic E-state index is 14.4. The third kappa shape index (κ3) is 5.60. The van der Waals surface area contributed by atoms with Crippen molar-refractivity contribution in [2.75, 3.05) is 38.3 Å². The number of likely N-dealkylation sites (tertiary alicyclic amines) is 1. The van der Waals surface area contributed by atoms with Crippen molar-refractivity contribution in [2.45, 2.75) is 51.6 Å². The van der Waals surface area contributed by atoms with E-state index in [1.165, 1.54) is 12.1 Å². The topological polar surface area (TPSA) is 106 Å². The van der Waals surface area contributed by atoms with Crippen molar-refractivity contribution in [3.63, 3.8) is 0 Å². The van der Waals surface area contributed by atoms with Gasteiger partial charge in [-0.3, -0.25) is 14.4 Å². The van der Waals surface area contributed by atoms with Crippen LogP contribution in [0.4, 0.5) is 10.1 Å². The fourth-order valence-corrected chi connectivity index (χ4v) is 5.53. The number of nitrogens with one attached hydrogen (secondary N) is 1. The second-order valence-electron chi connectivity index (χ2n) is 10.7. The SMILES string of the molecule is CCc1ccc(F)c(C(=O)N[C@@H](C(=O)N2CCC3(CC2)C(=O)N(C)CN3c2ccc(OCC#N)cc2)C(C)C)c1. The van der Waals surface area contributed by atoms with Crippen LogP contribution in [0.1, 0.15) is 49.5 Å². The summed E-state index contributed by atoms with van der Waals surface area (Å²) < 4.78 is 19.8. The van der Waals surface area contributed by atoms with Gasteiger partial charge in [0.2, 0.25) is 11.8 Å². The minimum Gasteiger partial charge on any atom is -0.479 e. The summed E-state index contributed by atoms with van der Waals surface area (Å²) in [5.41, 5.74) is 0.821. The molecule has 40 heavy (non-hydrogen) atoms. The molecule has 3 amide bonds. The molecule has 212 valence electrons. The van der Waals surface area contributed by atoms with E-state index in [1.807, 2.05) is 39.0 Å². The molecule has 10 heteroatoms. The summed E-state index contributed by atoms with van der Waals surface area (Å²) in [6.07, 6.45) is 1.52. The van der Waals surface area contributed by atoms with Crippen LogP contribution in [0.25, 0.3) is 0 Å². The van der Waals surface area contributed by atoms with Crippen LogP contribution in [-0.2, 0) is 16.0 Å². The van der Waals surface area contributed by atoms with E-state index in [0.717, 1.165) is 11.3 Å². The van der Waals surface area contributed by atoms with E-state index in [0.29, 0.717) is 44.8 Å². The number of piperidine rings is 1. The van der Waals surface area contributed by atoms with Gasteiger partial charge in [-0.25, -0.2) is 4.39 Å². The molecular formula is C30H36FN5O4. The molecule has 2 aromatic rings. The standard InChI is InChI=1S/C30H36FN5O4/c1-5-21-6-11-25(31)24(18-21)27(37)33-26(20(2)3)28(38)35-15-12-30(13-16-35)29(39)34(4)19-36(30)22-7-9-23(10-8-22)40-17-14-32/h6-11,18,20,26H,5,12-13,15-17,19H2,1-4H3,(H,33,37)/t26-/m1/s1. The summed E-state index contributed by atoms with van der Waals surface area (Å²) in [7, 11) is 1.77. The highest BCUT2D eigenvalue weighted by molar-refractivity contribution is 5.98. The third-order valence-corrected chi connectivity index (χ3v) is 7.87. The zero-order chi connectivity index (χ0) is 29.0. The number of likely N-dealkylation sites (N-methyl/N-ethyl adjacent to an activating group) is 1. The summed E-state index contributed by atoms with van der Waals surface area (Å²) in [5, 5.41) is 11.5. The molecule has 2 fully saturated rings. The van der Waals surface area contributed by atoms with Crippen molar-refractivity contribution >= 4 is 23.4 Å². The minimum atomic E-state index is -0.828. The van der Waals surface area contributed by atoms with Crippen molar-refractivity contribution in [3.8, 4) is 11.8 Å². The first-order chi connectivity index (χ1) is 19.1. The molecule has 2 saturated heterocycles. The molecule has 0 saturated carbocycles. The Morgan fingerprint density at radius 2 is 1.82 bits per heavy atom. The van der Waals surface area contributed by atoms with Crippen molar-refractivity contribution < 1.29 is 23.5 Å². The van der Waals surface area contributed by atoms with Gasteiger partial charge < -0.3 is 24.8 Å². The highest BCUT2D eigenvalue weighted by Gasteiger charge is 2.53. The number of nitriles is 1. The molecule has 2 aliphatic heterocycles. The Balaban J connectivity index is 1.48. The predicted molar refractivity (Wildman–Crippen MR) is 148 cm³/mol. The molecule has 9 nitrogen and oxygen atoms in total. The third-order valence-electron chi connectivity index (χ3n) is 7.87. The lowest BCUT2D eigenvalue weighted by atomic mass is 9.85. The van der Waals surface area contributed by atoms with Gasteiger partial charge in [-0.1, -0.05) is 26.8 Å². The molecular weight excluding hydrogens is 513 g/mol. The monoisotopic (exact) mass is 549 g/mol. The lowest BCUT2D eigenvalue weighted by Gasteiger charge is -2.44. The second kappa shape index (κ2) is 11.9. The van der Waals surface area contributed by atoms with Crippen molar-refractivity contribution in [2.24, 2.45) is 5.92 Å². The minimum absolute atomic E-state index is 0.00407. The molecule has 1 atom stereocenters. The van der Waals surface area contributed by atoms with Gasteiger partial charge in [-0.2, -0.15) is 5.26 Å². The van der Waals surface area contributed by atoms with Crippen LogP contribution in [0.15, 0.2) is 42.5 Å². The Kier molecular flexibility index (Phi) is 8.62. The fourth-order valence-electron chi connectivity index (χ4n) is 5.53. The number of rotatable bonds is 8. The number of ether oxygens (including phenoxy) is 1. The van der Waals surface area contributed by atoms with E-state index in [4.69, 9.17) is 10.00 Å². The molecule has 1 spiro atoms. The number of nitrogens with zero attached hydrogens (tertiary/aromatic N) is 4. The highest BCUT2D eigenvalue weighted by Crippen LogP contribution is 2.39. The molecule has 0 aromatic heterocycles. The Morgan fingerprint density at radius 3 is 2.42 bits per heavy atom. The summed E-state index contributed by atoms with van der Waals surface area (Å²) >= 11 is 0. The van der Waals surface area contributed by atoms with Crippen LogP contribution >= 0.6 is 0 Å². The maximum absolute atomic E-state index is 14.4. The number of halogens is 1. The lowest BCUT2D eigenvalue weighted by molar-refractivity contribution is -0.139. The van der Waals surface area contributed by atoms with E-state index in [-0.39, 0.29) is 29.9 Å². The summed E-state index contributed by atoms with van der Waals surface area (Å²) in [6, 6.07) is 12.8. The fraction of sp³-hybridized carbons (Fsp3) is 0.467. The van der Waals surface area contributed by atoms with Gasteiger partial charge in [0, 0.05) is 25.8 Å². The number of carbonyl (C=O) groups excluding carboxylic acids is 3.